The van der Waals surface area contributed by atoms with Crippen molar-refractivity contribution in [3.05, 3.63) is 129 Å². The second kappa shape index (κ2) is 15.3. The van der Waals surface area contributed by atoms with Crippen LogP contribution in [0.5, 0.6) is 0 Å². The summed E-state index contributed by atoms with van der Waals surface area (Å²) in [6, 6.07) is 29.2. The number of amides is 2. The van der Waals surface area contributed by atoms with Crippen molar-refractivity contribution in [2.75, 3.05) is 10.8 Å². The van der Waals surface area contributed by atoms with Crippen LogP contribution >= 0.6 is 27.5 Å². The van der Waals surface area contributed by atoms with Crippen molar-refractivity contribution in [3.63, 3.8) is 0 Å². The molecular weight excluding hydrogens is 686 g/mol. The smallest absolute Gasteiger partial charge is 0.264 e. The first kappa shape index (κ1) is 33.7. The monoisotopic (exact) mass is 721 g/mol. The molecule has 0 heterocycles. The number of benzene rings is 4. The first-order valence-electron chi connectivity index (χ1n) is 15.3. The van der Waals surface area contributed by atoms with Crippen LogP contribution in [0.1, 0.15) is 42.4 Å². The molecule has 4 aromatic rings. The zero-order chi connectivity index (χ0) is 32.7. The molecule has 1 N–H and O–H groups in total. The molecule has 0 aliphatic heterocycles. The standard InChI is InChI=1S/C36H37BrClN3O4S/c1-26-21-30(38)19-20-33(26)41(46(44,45)32-17-6-3-7-18-32)25-35(42)40(24-28-13-10-14-29(37)22-28)34(23-27-11-4-2-5-12-27)36(43)39-31-15-8-9-16-31/h2-7,10-14,17-22,31,34H,8-9,15-16,23-25H2,1H3,(H,39,43). The average Bonchev–Trinajstić information content (AvgIpc) is 3.56. The van der Waals surface area contributed by atoms with Crippen molar-refractivity contribution in [3.8, 4) is 0 Å². The summed E-state index contributed by atoms with van der Waals surface area (Å²) >= 11 is 9.77. The molecule has 0 spiro atoms. The molecule has 7 nitrogen and oxygen atoms in total. The molecule has 5 rings (SSSR count). The molecule has 46 heavy (non-hydrogen) atoms. The third-order valence-corrected chi connectivity index (χ3v) is 10.8. The van der Waals surface area contributed by atoms with Crippen LogP contribution in [0.25, 0.3) is 0 Å². The number of anilines is 1. The number of nitrogens with one attached hydrogen (secondary N) is 1. The van der Waals surface area contributed by atoms with Gasteiger partial charge in [-0.05, 0) is 78.9 Å². The van der Waals surface area contributed by atoms with Crippen LogP contribution in [-0.2, 0) is 32.6 Å². The van der Waals surface area contributed by atoms with Crippen molar-refractivity contribution in [1.82, 2.24) is 10.2 Å². The van der Waals surface area contributed by atoms with Crippen LogP contribution in [0, 0.1) is 6.92 Å². The highest BCUT2D eigenvalue weighted by Gasteiger charge is 2.36. The third kappa shape index (κ3) is 8.37. The lowest BCUT2D eigenvalue weighted by Crippen LogP contribution is -2.54. The maximum Gasteiger partial charge on any atom is 0.264 e. The molecule has 0 bridgehead atoms. The largest absolute Gasteiger partial charge is 0.352 e. The number of rotatable bonds is 12. The molecule has 1 atom stereocenters. The molecule has 1 fully saturated rings. The minimum Gasteiger partial charge on any atom is -0.352 e. The highest BCUT2D eigenvalue weighted by Crippen LogP contribution is 2.30. The van der Waals surface area contributed by atoms with Gasteiger partial charge in [-0.15, -0.1) is 0 Å². The SMILES string of the molecule is Cc1cc(Cl)ccc1N(CC(=O)N(Cc1cccc(Br)c1)C(Cc1ccccc1)C(=O)NC1CCCC1)S(=O)(=O)c1ccccc1. The quantitative estimate of drug-likeness (QED) is 0.166. The van der Waals surface area contributed by atoms with Gasteiger partial charge in [0.05, 0.1) is 10.6 Å². The Bertz CT molecular complexity index is 1770. The van der Waals surface area contributed by atoms with Crippen LogP contribution < -0.4 is 9.62 Å². The van der Waals surface area contributed by atoms with Gasteiger partial charge in [0.2, 0.25) is 11.8 Å². The number of halogens is 2. The second-order valence-electron chi connectivity index (χ2n) is 11.6. The molecule has 4 aromatic carbocycles. The van der Waals surface area contributed by atoms with Crippen LogP contribution in [0.15, 0.2) is 112 Å². The van der Waals surface area contributed by atoms with E-state index in [1.165, 1.54) is 17.0 Å². The van der Waals surface area contributed by atoms with E-state index >= 15 is 0 Å². The van der Waals surface area contributed by atoms with E-state index in [1.54, 1.807) is 43.3 Å². The third-order valence-electron chi connectivity index (χ3n) is 8.25. The number of sulfonamides is 1. The normalized spacial score (nSPS) is 14.1. The molecule has 0 saturated heterocycles. The molecule has 1 saturated carbocycles. The lowest BCUT2D eigenvalue weighted by molar-refractivity contribution is -0.140. The summed E-state index contributed by atoms with van der Waals surface area (Å²) in [5, 5.41) is 3.65. The van der Waals surface area contributed by atoms with Gasteiger partial charge in [0, 0.05) is 28.5 Å². The van der Waals surface area contributed by atoms with Gasteiger partial charge in [0.1, 0.15) is 12.6 Å². The van der Waals surface area contributed by atoms with Crippen molar-refractivity contribution in [2.24, 2.45) is 0 Å². The molecule has 1 aliphatic rings. The summed E-state index contributed by atoms with van der Waals surface area (Å²) in [5.41, 5.74) is 2.62. The Morgan fingerprint density at radius 2 is 1.54 bits per heavy atom. The van der Waals surface area contributed by atoms with Gasteiger partial charge in [-0.1, -0.05) is 101 Å². The van der Waals surface area contributed by atoms with Gasteiger partial charge in [-0.25, -0.2) is 8.42 Å². The minimum absolute atomic E-state index is 0.0419. The average molecular weight is 723 g/mol. The molecule has 10 heteroatoms. The summed E-state index contributed by atoms with van der Waals surface area (Å²) in [4.78, 5) is 30.3. The lowest BCUT2D eigenvalue weighted by atomic mass is 10.0. The maximum atomic E-state index is 14.6. The fraction of sp³-hybridized carbons (Fsp3) is 0.278. The molecule has 1 aliphatic carbocycles. The van der Waals surface area contributed by atoms with E-state index in [-0.39, 0.29) is 29.8 Å². The molecule has 240 valence electrons. The second-order valence-corrected chi connectivity index (χ2v) is 14.8. The Balaban J connectivity index is 1.58. The minimum atomic E-state index is -4.19. The summed E-state index contributed by atoms with van der Waals surface area (Å²) in [7, 11) is -4.19. The number of nitrogens with zero attached hydrogens (tertiary/aromatic N) is 2. The highest BCUT2D eigenvalue weighted by atomic mass is 79.9. The number of carbonyl (C=O) groups is 2. The van der Waals surface area contributed by atoms with Gasteiger partial charge in [-0.3, -0.25) is 13.9 Å². The fourth-order valence-corrected chi connectivity index (χ4v) is 8.06. The maximum absolute atomic E-state index is 14.6. The van der Waals surface area contributed by atoms with Crippen LogP contribution in [0.2, 0.25) is 5.02 Å². The zero-order valence-corrected chi connectivity index (χ0v) is 28.8. The Hall–Kier alpha value is -3.66. The molecular formula is C36H37BrClN3O4S. The number of aryl methyl sites for hydroxylation is 1. The summed E-state index contributed by atoms with van der Waals surface area (Å²) in [5.74, 6) is -0.754. The van der Waals surface area contributed by atoms with E-state index in [2.05, 4.69) is 21.2 Å². The van der Waals surface area contributed by atoms with E-state index in [4.69, 9.17) is 11.6 Å². The van der Waals surface area contributed by atoms with E-state index in [0.717, 1.165) is 45.6 Å². The van der Waals surface area contributed by atoms with E-state index in [0.29, 0.717) is 16.3 Å². The molecule has 0 aromatic heterocycles. The van der Waals surface area contributed by atoms with Crippen LogP contribution in [-0.4, -0.2) is 43.8 Å². The number of hydrogen-bond donors (Lipinski definition) is 1. The predicted octanol–water partition coefficient (Wildman–Crippen LogP) is 7.31. The van der Waals surface area contributed by atoms with E-state index < -0.39 is 28.5 Å². The van der Waals surface area contributed by atoms with Crippen molar-refractivity contribution in [1.29, 1.82) is 0 Å². The first-order chi connectivity index (χ1) is 22.1. The van der Waals surface area contributed by atoms with Gasteiger partial charge >= 0.3 is 0 Å². The molecule has 2 amide bonds. The van der Waals surface area contributed by atoms with Gasteiger partial charge in [0.25, 0.3) is 10.0 Å². The van der Waals surface area contributed by atoms with Crippen LogP contribution in [0.4, 0.5) is 5.69 Å². The first-order valence-corrected chi connectivity index (χ1v) is 17.9. The summed E-state index contributed by atoms with van der Waals surface area (Å²) in [6.07, 6.45) is 4.14. The molecule has 0 radical (unpaired) electrons. The van der Waals surface area contributed by atoms with Gasteiger partial charge in [0.15, 0.2) is 0 Å². The number of carbonyl (C=O) groups excluding carboxylic acids is 2. The lowest BCUT2D eigenvalue weighted by Gasteiger charge is -2.34. The zero-order valence-electron chi connectivity index (χ0n) is 25.6. The topological polar surface area (TPSA) is 86.8 Å². The van der Waals surface area contributed by atoms with E-state index in [1.807, 2.05) is 54.6 Å². The number of hydrogen-bond acceptors (Lipinski definition) is 4. The van der Waals surface area contributed by atoms with Crippen LogP contribution in [0.3, 0.4) is 0 Å². The van der Waals surface area contributed by atoms with Gasteiger partial charge in [-0.2, -0.15) is 0 Å². The van der Waals surface area contributed by atoms with Gasteiger partial charge < -0.3 is 10.2 Å². The molecule has 1 unspecified atom stereocenters. The highest BCUT2D eigenvalue weighted by molar-refractivity contribution is 9.10. The Morgan fingerprint density at radius 1 is 0.891 bits per heavy atom. The van der Waals surface area contributed by atoms with Crippen molar-refractivity contribution < 1.29 is 18.0 Å². The van der Waals surface area contributed by atoms with Crippen molar-refractivity contribution >= 4 is 55.1 Å². The fourth-order valence-electron chi connectivity index (χ4n) is 5.89. The Labute approximate surface area is 284 Å². The Kier molecular flexibility index (Phi) is 11.2. The predicted molar refractivity (Wildman–Crippen MR) is 186 cm³/mol. The van der Waals surface area contributed by atoms with E-state index in [9.17, 15) is 18.0 Å². The summed E-state index contributed by atoms with van der Waals surface area (Å²) in [6.45, 7) is 1.34. The Morgan fingerprint density at radius 3 is 2.20 bits per heavy atom. The summed E-state index contributed by atoms with van der Waals surface area (Å²) < 4.78 is 30.3. The van der Waals surface area contributed by atoms with Crippen molar-refractivity contribution in [2.45, 2.75) is 62.6 Å².